The highest BCUT2D eigenvalue weighted by Crippen LogP contribution is 2.28. The van der Waals surface area contributed by atoms with Gasteiger partial charge in [0.15, 0.2) is 0 Å². The normalized spacial score (nSPS) is 13.3. The van der Waals surface area contributed by atoms with Crippen molar-refractivity contribution in [2.45, 2.75) is 45.8 Å². The number of benzene rings is 1. The zero-order valence-electron chi connectivity index (χ0n) is 18.2. The SMILES string of the molecule is COc1ccc(N(CCCl)CCCl)cc1C[C@H](NC(=O)OC(C)(C)C)C(C)C(=O)O. The summed E-state index contributed by atoms with van der Waals surface area (Å²) in [7, 11) is 1.55. The monoisotopic (exact) mass is 462 g/mol. The average molecular weight is 463 g/mol. The molecule has 1 rings (SSSR count). The van der Waals surface area contributed by atoms with Crippen LogP contribution in [0.2, 0.25) is 0 Å². The van der Waals surface area contributed by atoms with Crippen molar-refractivity contribution in [3.63, 3.8) is 0 Å². The Bertz CT molecular complexity index is 703. The maximum Gasteiger partial charge on any atom is 0.407 e. The Morgan fingerprint density at radius 1 is 1.20 bits per heavy atom. The van der Waals surface area contributed by atoms with Gasteiger partial charge in [0.05, 0.1) is 13.0 Å². The van der Waals surface area contributed by atoms with Crippen molar-refractivity contribution >= 4 is 41.0 Å². The molecule has 0 aliphatic carbocycles. The van der Waals surface area contributed by atoms with Gasteiger partial charge in [-0.25, -0.2) is 4.79 Å². The molecule has 1 aromatic carbocycles. The molecule has 0 radical (unpaired) electrons. The summed E-state index contributed by atoms with van der Waals surface area (Å²) >= 11 is 11.8. The van der Waals surface area contributed by atoms with Gasteiger partial charge in [0.1, 0.15) is 11.4 Å². The van der Waals surface area contributed by atoms with Gasteiger partial charge in [-0.1, -0.05) is 0 Å². The van der Waals surface area contributed by atoms with E-state index >= 15 is 0 Å². The van der Waals surface area contributed by atoms with Crippen LogP contribution in [-0.2, 0) is 16.0 Å². The summed E-state index contributed by atoms with van der Waals surface area (Å²) in [6.45, 7) is 8.02. The molecule has 0 aromatic heterocycles. The minimum absolute atomic E-state index is 0.249. The number of alkyl carbamates (subject to hydrolysis) is 1. The number of aliphatic carboxylic acids is 1. The molecular weight excluding hydrogens is 431 g/mol. The van der Waals surface area contributed by atoms with Crippen LogP contribution in [0.25, 0.3) is 0 Å². The van der Waals surface area contributed by atoms with E-state index in [1.165, 1.54) is 0 Å². The molecule has 170 valence electrons. The van der Waals surface area contributed by atoms with Crippen molar-refractivity contribution in [1.29, 1.82) is 0 Å². The molecule has 2 atom stereocenters. The first-order valence-electron chi connectivity index (χ1n) is 9.78. The van der Waals surface area contributed by atoms with Gasteiger partial charge in [0, 0.05) is 36.6 Å². The van der Waals surface area contributed by atoms with Gasteiger partial charge >= 0.3 is 12.1 Å². The van der Waals surface area contributed by atoms with E-state index < -0.39 is 29.6 Å². The van der Waals surface area contributed by atoms with Gasteiger partial charge in [-0.3, -0.25) is 4.79 Å². The molecule has 0 saturated heterocycles. The zero-order valence-corrected chi connectivity index (χ0v) is 19.7. The second kappa shape index (κ2) is 12.1. The van der Waals surface area contributed by atoms with Crippen molar-refractivity contribution in [3.8, 4) is 5.75 Å². The van der Waals surface area contributed by atoms with E-state index in [0.717, 1.165) is 11.3 Å². The fraction of sp³-hybridized carbons (Fsp3) is 0.619. The van der Waals surface area contributed by atoms with Gasteiger partial charge in [0.25, 0.3) is 0 Å². The maximum atomic E-state index is 12.3. The van der Waals surface area contributed by atoms with E-state index in [9.17, 15) is 14.7 Å². The van der Waals surface area contributed by atoms with E-state index in [1.54, 1.807) is 34.8 Å². The molecular formula is C21H32Cl2N2O5. The molecule has 0 heterocycles. The Kier molecular flexibility index (Phi) is 10.6. The lowest BCUT2D eigenvalue weighted by Crippen LogP contribution is -2.45. The number of ether oxygens (including phenoxy) is 2. The minimum Gasteiger partial charge on any atom is -0.496 e. The highest BCUT2D eigenvalue weighted by molar-refractivity contribution is 6.18. The smallest absolute Gasteiger partial charge is 0.407 e. The largest absolute Gasteiger partial charge is 0.496 e. The zero-order chi connectivity index (χ0) is 22.9. The van der Waals surface area contributed by atoms with E-state index in [0.29, 0.717) is 30.6 Å². The molecule has 0 fully saturated rings. The van der Waals surface area contributed by atoms with E-state index in [1.807, 2.05) is 23.1 Å². The van der Waals surface area contributed by atoms with Crippen LogP contribution in [0.1, 0.15) is 33.3 Å². The first-order chi connectivity index (χ1) is 14.0. The lowest BCUT2D eigenvalue weighted by Gasteiger charge is -2.27. The number of methoxy groups -OCH3 is 1. The predicted molar refractivity (Wildman–Crippen MR) is 120 cm³/mol. The summed E-state index contributed by atoms with van der Waals surface area (Å²) in [5.74, 6) is -0.373. The van der Waals surface area contributed by atoms with Crippen molar-refractivity contribution in [2.24, 2.45) is 5.92 Å². The fourth-order valence-electron chi connectivity index (χ4n) is 2.92. The van der Waals surface area contributed by atoms with Crippen molar-refractivity contribution in [2.75, 3.05) is 36.9 Å². The summed E-state index contributed by atoms with van der Waals surface area (Å²) in [6.07, 6.45) is -0.416. The molecule has 9 heteroatoms. The molecule has 1 unspecified atom stereocenters. The van der Waals surface area contributed by atoms with Crippen molar-refractivity contribution in [1.82, 2.24) is 5.32 Å². The highest BCUT2D eigenvalue weighted by Gasteiger charge is 2.29. The van der Waals surface area contributed by atoms with E-state index in [2.05, 4.69) is 5.32 Å². The maximum absolute atomic E-state index is 12.3. The Balaban J connectivity index is 3.20. The lowest BCUT2D eigenvalue weighted by atomic mass is 9.94. The number of amides is 1. The van der Waals surface area contributed by atoms with Gasteiger partial charge in [0.2, 0.25) is 0 Å². The second-order valence-corrected chi connectivity index (χ2v) is 8.70. The number of carboxylic acid groups (broad SMARTS) is 1. The average Bonchev–Trinajstić information content (AvgIpc) is 2.65. The van der Waals surface area contributed by atoms with Crippen LogP contribution in [0.4, 0.5) is 10.5 Å². The van der Waals surface area contributed by atoms with Crippen LogP contribution < -0.4 is 15.0 Å². The van der Waals surface area contributed by atoms with Crippen LogP contribution >= 0.6 is 23.2 Å². The minimum atomic E-state index is -1.02. The molecule has 0 bridgehead atoms. The van der Waals surface area contributed by atoms with Gasteiger partial charge in [-0.2, -0.15) is 0 Å². The number of carbonyl (C=O) groups is 2. The van der Waals surface area contributed by atoms with Crippen LogP contribution in [-0.4, -0.2) is 60.8 Å². The van der Waals surface area contributed by atoms with Crippen molar-refractivity contribution in [3.05, 3.63) is 23.8 Å². The molecule has 1 amide bonds. The number of carboxylic acids is 1. The Morgan fingerprint density at radius 2 is 1.80 bits per heavy atom. The first-order valence-corrected chi connectivity index (χ1v) is 10.8. The number of hydrogen-bond acceptors (Lipinski definition) is 5. The van der Waals surface area contributed by atoms with Crippen molar-refractivity contribution < 1.29 is 24.2 Å². The number of rotatable bonds is 11. The number of alkyl halides is 2. The van der Waals surface area contributed by atoms with Crippen LogP contribution in [0.15, 0.2) is 18.2 Å². The molecule has 7 nitrogen and oxygen atoms in total. The number of nitrogens with one attached hydrogen (secondary N) is 1. The Hall–Kier alpha value is -1.86. The summed E-state index contributed by atoms with van der Waals surface area (Å²) in [6, 6.07) is 4.93. The summed E-state index contributed by atoms with van der Waals surface area (Å²) in [4.78, 5) is 26.0. The van der Waals surface area contributed by atoms with Crippen LogP contribution in [0.5, 0.6) is 5.75 Å². The van der Waals surface area contributed by atoms with E-state index in [-0.39, 0.29) is 6.42 Å². The quantitative estimate of drug-likeness (QED) is 0.480. The number of anilines is 1. The van der Waals surface area contributed by atoms with Gasteiger partial charge in [-0.15, -0.1) is 23.2 Å². The van der Waals surface area contributed by atoms with E-state index in [4.69, 9.17) is 32.7 Å². The highest BCUT2D eigenvalue weighted by atomic mass is 35.5. The molecule has 0 aliphatic rings. The molecule has 0 saturated carbocycles. The number of carbonyl (C=O) groups excluding carboxylic acids is 1. The topological polar surface area (TPSA) is 88.1 Å². The summed E-state index contributed by atoms with van der Waals surface area (Å²) in [5.41, 5.74) is 0.965. The third kappa shape index (κ3) is 8.48. The summed E-state index contributed by atoms with van der Waals surface area (Å²) < 4.78 is 10.8. The third-order valence-electron chi connectivity index (χ3n) is 4.47. The Labute approximate surface area is 188 Å². The molecule has 0 spiro atoms. The predicted octanol–water partition coefficient (Wildman–Crippen LogP) is 4.14. The van der Waals surface area contributed by atoms with Crippen LogP contribution in [0.3, 0.4) is 0 Å². The molecule has 0 aliphatic heterocycles. The van der Waals surface area contributed by atoms with Gasteiger partial charge < -0.3 is 24.8 Å². The summed E-state index contributed by atoms with van der Waals surface area (Å²) in [5, 5.41) is 12.2. The fourth-order valence-corrected chi connectivity index (χ4v) is 3.32. The third-order valence-corrected chi connectivity index (χ3v) is 4.81. The van der Waals surface area contributed by atoms with Gasteiger partial charge in [-0.05, 0) is 57.9 Å². The lowest BCUT2D eigenvalue weighted by molar-refractivity contribution is -0.142. The van der Waals surface area contributed by atoms with Crippen LogP contribution in [0, 0.1) is 5.92 Å². The Morgan fingerprint density at radius 3 is 2.27 bits per heavy atom. The second-order valence-electron chi connectivity index (χ2n) is 7.94. The molecule has 1 aromatic rings. The number of halogens is 2. The standard InChI is InChI=1S/C21H32Cl2N2O5/c1-14(19(26)27)17(24-20(28)30-21(2,3)4)13-15-12-16(6-7-18(15)29-5)25(10-8-22)11-9-23/h6-7,12,14,17H,8-11,13H2,1-5H3,(H,24,28)(H,26,27)/t14?,17-/m0/s1. The number of nitrogens with zero attached hydrogens (tertiary/aromatic N) is 1. The first kappa shape index (κ1) is 26.2. The number of hydrogen-bond donors (Lipinski definition) is 2. The molecule has 2 N–H and O–H groups in total. The molecule has 30 heavy (non-hydrogen) atoms.